The first-order valence-corrected chi connectivity index (χ1v) is 11.1. The van der Waals surface area contributed by atoms with Gasteiger partial charge in [0.05, 0.1) is 31.5 Å². The molecule has 0 aromatic heterocycles. The quantitative estimate of drug-likeness (QED) is 0.180. The highest BCUT2D eigenvalue weighted by Crippen LogP contribution is 2.34. The van der Waals surface area contributed by atoms with Crippen LogP contribution in [0, 0.1) is 5.92 Å². The van der Waals surface area contributed by atoms with Gasteiger partial charge in [-0.05, 0) is 13.8 Å². The van der Waals surface area contributed by atoms with Crippen molar-refractivity contribution in [3.63, 3.8) is 0 Å². The Hall–Kier alpha value is -0.520. The summed E-state index contributed by atoms with van der Waals surface area (Å²) < 4.78 is 28.5. The Morgan fingerprint density at radius 2 is 1.12 bits per heavy atom. The smallest absolute Gasteiger partial charge is 0.187 e. The first-order valence-electron chi connectivity index (χ1n) is 11.1. The van der Waals surface area contributed by atoms with Crippen molar-refractivity contribution in [3.05, 3.63) is 0 Å². The van der Waals surface area contributed by atoms with Crippen LogP contribution in [0.1, 0.15) is 20.8 Å². The van der Waals surface area contributed by atoms with Crippen molar-refractivity contribution in [1.82, 2.24) is 0 Å². The minimum Gasteiger partial charge on any atom is -0.394 e. The van der Waals surface area contributed by atoms with E-state index in [2.05, 4.69) is 0 Å². The standard InChI is InChI=1S/C20H36O13/c1-6-11(23)13(25)9(4-21)31-19(6)33-18-14(26)10(5-22)29-8(3)17(18)32-20-16(28)15(27)12(24)7(2)30-20/h6-28H,4-5H2,1-3H3/t6?,7?,8?,9?,10?,11-,12-,13+,14+,15+,16?,17?,18+,19-,20+/m1/s1. The van der Waals surface area contributed by atoms with E-state index >= 15 is 0 Å². The molecule has 13 heteroatoms. The molecule has 0 radical (unpaired) electrons. The maximum atomic E-state index is 10.8. The van der Waals surface area contributed by atoms with Gasteiger partial charge in [0.15, 0.2) is 12.6 Å². The van der Waals surface area contributed by atoms with Crippen molar-refractivity contribution in [2.24, 2.45) is 5.92 Å². The van der Waals surface area contributed by atoms with Crippen LogP contribution < -0.4 is 0 Å². The number of aliphatic hydroxyl groups is 8. The predicted molar refractivity (Wildman–Crippen MR) is 106 cm³/mol. The third kappa shape index (κ3) is 5.35. The van der Waals surface area contributed by atoms with E-state index in [9.17, 15) is 40.9 Å². The fourth-order valence-electron chi connectivity index (χ4n) is 4.41. The molecule has 3 fully saturated rings. The van der Waals surface area contributed by atoms with Gasteiger partial charge in [-0.1, -0.05) is 6.92 Å². The zero-order chi connectivity index (χ0) is 24.6. The number of ether oxygens (including phenoxy) is 5. The zero-order valence-electron chi connectivity index (χ0n) is 18.7. The van der Waals surface area contributed by atoms with Gasteiger partial charge in [0.25, 0.3) is 0 Å². The molecule has 0 bridgehead atoms. The summed E-state index contributed by atoms with van der Waals surface area (Å²) in [7, 11) is 0. The Morgan fingerprint density at radius 3 is 1.73 bits per heavy atom. The topological polar surface area (TPSA) is 208 Å². The van der Waals surface area contributed by atoms with Crippen molar-refractivity contribution >= 4 is 0 Å². The summed E-state index contributed by atoms with van der Waals surface area (Å²) in [5, 5.41) is 80.6. The van der Waals surface area contributed by atoms with Crippen LogP contribution in [0.4, 0.5) is 0 Å². The van der Waals surface area contributed by atoms with Gasteiger partial charge in [-0.25, -0.2) is 0 Å². The summed E-state index contributed by atoms with van der Waals surface area (Å²) in [5.74, 6) is -0.769. The highest BCUT2D eigenvalue weighted by atomic mass is 16.7. The highest BCUT2D eigenvalue weighted by molar-refractivity contribution is 4.96. The monoisotopic (exact) mass is 484 g/mol. The Morgan fingerprint density at radius 1 is 0.545 bits per heavy atom. The third-order valence-corrected chi connectivity index (χ3v) is 6.65. The Labute approximate surface area is 191 Å². The molecule has 13 nitrogen and oxygen atoms in total. The SMILES string of the molecule is CC1OC(CO)[C@H](O)[C@H](O[C@H]2OC(CO)[C@H](O)[C@H](O)C2C)C1O[C@@H]1OC(C)[C@@H](O)[C@H](O)C1O. The molecule has 3 aliphatic rings. The van der Waals surface area contributed by atoms with Crippen LogP contribution in [0.5, 0.6) is 0 Å². The zero-order valence-corrected chi connectivity index (χ0v) is 18.7. The van der Waals surface area contributed by atoms with Crippen molar-refractivity contribution in [2.45, 2.75) is 107 Å². The molecule has 0 saturated carbocycles. The van der Waals surface area contributed by atoms with E-state index in [1.165, 1.54) is 6.92 Å². The molecule has 33 heavy (non-hydrogen) atoms. The number of hydrogen-bond acceptors (Lipinski definition) is 13. The normalized spacial score (nSPS) is 53.7. The Balaban J connectivity index is 1.82. The van der Waals surface area contributed by atoms with Crippen LogP contribution in [0.3, 0.4) is 0 Å². The van der Waals surface area contributed by atoms with Crippen molar-refractivity contribution in [3.8, 4) is 0 Å². The maximum Gasteiger partial charge on any atom is 0.187 e. The van der Waals surface area contributed by atoms with Crippen LogP contribution in [-0.2, 0) is 23.7 Å². The lowest BCUT2D eigenvalue weighted by molar-refractivity contribution is -0.363. The number of rotatable bonds is 6. The molecule has 7 unspecified atom stereocenters. The Bertz CT molecular complexity index is 623. The van der Waals surface area contributed by atoms with Crippen LogP contribution in [0.2, 0.25) is 0 Å². The predicted octanol–water partition coefficient (Wildman–Crippen LogP) is -4.20. The molecule has 3 aliphatic heterocycles. The molecule has 0 spiro atoms. The van der Waals surface area contributed by atoms with Crippen molar-refractivity contribution in [1.29, 1.82) is 0 Å². The second-order valence-corrected chi connectivity index (χ2v) is 9.00. The lowest BCUT2D eigenvalue weighted by Gasteiger charge is -2.49. The van der Waals surface area contributed by atoms with E-state index in [1.807, 2.05) is 0 Å². The van der Waals surface area contributed by atoms with Gasteiger partial charge < -0.3 is 64.5 Å². The minimum atomic E-state index is -1.61. The van der Waals surface area contributed by atoms with E-state index in [1.54, 1.807) is 13.8 Å². The van der Waals surface area contributed by atoms with Gasteiger partial charge in [0.2, 0.25) is 0 Å². The average molecular weight is 484 g/mol. The van der Waals surface area contributed by atoms with Crippen LogP contribution in [-0.4, -0.2) is 140 Å². The molecule has 3 heterocycles. The maximum absolute atomic E-state index is 10.8. The number of hydrogen-bond donors (Lipinski definition) is 8. The molecule has 0 aromatic carbocycles. The molecule has 15 atom stereocenters. The highest BCUT2D eigenvalue weighted by Gasteiger charge is 2.52. The Kier molecular flexibility index (Phi) is 9.05. The summed E-state index contributed by atoms with van der Waals surface area (Å²) in [6, 6.07) is 0. The van der Waals surface area contributed by atoms with Gasteiger partial charge in [0, 0.05) is 5.92 Å². The fourth-order valence-corrected chi connectivity index (χ4v) is 4.41. The van der Waals surface area contributed by atoms with Gasteiger partial charge in [0.1, 0.15) is 54.9 Å². The van der Waals surface area contributed by atoms with Crippen molar-refractivity contribution in [2.75, 3.05) is 13.2 Å². The van der Waals surface area contributed by atoms with Crippen molar-refractivity contribution < 1.29 is 64.5 Å². The molecule has 3 rings (SSSR count). The summed E-state index contributed by atoms with van der Waals surface area (Å²) in [5.41, 5.74) is 0. The average Bonchev–Trinajstić information content (AvgIpc) is 2.79. The van der Waals surface area contributed by atoms with E-state index < -0.39 is 105 Å². The molecular formula is C20H36O13. The van der Waals surface area contributed by atoms with Gasteiger partial charge >= 0.3 is 0 Å². The summed E-state index contributed by atoms with van der Waals surface area (Å²) in [6.07, 6.45) is -17.3. The summed E-state index contributed by atoms with van der Waals surface area (Å²) in [4.78, 5) is 0. The first kappa shape index (κ1) is 27.1. The molecule has 0 amide bonds. The van der Waals surface area contributed by atoms with Gasteiger partial charge in [-0.15, -0.1) is 0 Å². The molecule has 194 valence electrons. The molecule has 8 N–H and O–H groups in total. The van der Waals surface area contributed by atoms with E-state index in [0.29, 0.717) is 0 Å². The van der Waals surface area contributed by atoms with E-state index in [0.717, 1.165) is 0 Å². The molecule has 3 saturated heterocycles. The largest absolute Gasteiger partial charge is 0.394 e. The third-order valence-electron chi connectivity index (χ3n) is 6.65. The first-order chi connectivity index (χ1) is 15.5. The van der Waals surface area contributed by atoms with E-state index in [4.69, 9.17) is 23.7 Å². The summed E-state index contributed by atoms with van der Waals surface area (Å²) in [6.45, 7) is 3.50. The molecule has 0 aliphatic carbocycles. The lowest BCUT2D eigenvalue weighted by atomic mass is 9.91. The lowest BCUT2D eigenvalue weighted by Crippen LogP contribution is -2.65. The second kappa shape index (κ2) is 11.0. The minimum absolute atomic E-state index is 0.537. The second-order valence-electron chi connectivity index (χ2n) is 9.00. The molecule has 0 aromatic rings. The molecular weight excluding hydrogens is 448 g/mol. The fraction of sp³-hybridized carbons (Fsp3) is 1.00. The summed E-state index contributed by atoms with van der Waals surface area (Å²) >= 11 is 0. The van der Waals surface area contributed by atoms with Gasteiger partial charge in [-0.3, -0.25) is 0 Å². The van der Waals surface area contributed by atoms with Crippen LogP contribution in [0.25, 0.3) is 0 Å². The van der Waals surface area contributed by atoms with E-state index in [-0.39, 0.29) is 0 Å². The number of aliphatic hydroxyl groups excluding tert-OH is 8. The van der Waals surface area contributed by atoms with Gasteiger partial charge in [-0.2, -0.15) is 0 Å². The van der Waals surface area contributed by atoms with Crippen LogP contribution in [0.15, 0.2) is 0 Å². The van der Waals surface area contributed by atoms with Crippen LogP contribution >= 0.6 is 0 Å².